The van der Waals surface area contributed by atoms with E-state index in [2.05, 4.69) is 46.9 Å². The number of esters is 1. The monoisotopic (exact) mass is 610 g/mol. The molecule has 5 heteroatoms. The van der Waals surface area contributed by atoms with Crippen LogP contribution in [0.4, 0.5) is 0 Å². The number of carbonyl (C=O) groups excluding carboxylic acids is 1. The fourth-order valence-corrected chi connectivity index (χ4v) is 4.98. The molecule has 202 valence electrons. The Labute approximate surface area is 233 Å². The molecule has 1 aliphatic heterocycles. The first-order chi connectivity index (χ1) is 17.7. The van der Waals surface area contributed by atoms with Crippen molar-refractivity contribution in [3.8, 4) is 5.75 Å². The molecule has 0 spiro atoms. The first-order valence-electron chi connectivity index (χ1n) is 14.1. The van der Waals surface area contributed by atoms with Crippen molar-refractivity contribution in [3.05, 3.63) is 54.1 Å². The minimum absolute atomic E-state index is 0.115. The van der Waals surface area contributed by atoms with Crippen LogP contribution in [0.15, 0.2) is 48.6 Å². The van der Waals surface area contributed by atoms with Gasteiger partial charge >= 0.3 is 5.97 Å². The van der Waals surface area contributed by atoms with Gasteiger partial charge in [0.15, 0.2) is 4.11 Å². The maximum Gasteiger partial charge on any atom is 0.309 e. The number of ether oxygens (including phenoxy) is 3. The zero-order valence-electron chi connectivity index (χ0n) is 22.3. The van der Waals surface area contributed by atoms with Crippen LogP contribution in [-0.4, -0.2) is 23.3 Å². The van der Waals surface area contributed by atoms with Crippen molar-refractivity contribution in [2.75, 3.05) is 7.11 Å². The predicted octanol–water partition coefficient (Wildman–Crippen LogP) is 9.25. The van der Waals surface area contributed by atoms with Gasteiger partial charge < -0.3 is 14.2 Å². The summed E-state index contributed by atoms with van der Waals surface area (Å²) >= 11 is 2.22. The van der Waals surface area contributed by atoms with E-state index in [0.717, 1.165) is 43.4 Å². The number of carbonyl (C=O) groups is 1. The van der Waals surface area contributed by atoms with Crippen molar-refractivity contribution in [3.63, 3.8) is 0 Å². The standard InChI is InChI=1S/C31H47IO4/c1-34-28-23-21-27(22-24-28)26-35-29-19-17-15-13-11-9-7-5-3-2-4-6-8-10-12-14-16-18-20-30(32)36-31(33)25-29/h8,10,16,18,21-24,29-30H,2-7,9,11-15,17,19-20,25-26H2,1H3/b10-8+,18-16+/t29-,30+/m1/s1. The summed E-state index contributed by atoms with van der Waals surface area (Å²) in [6, 6.07) is 7.91. The van der Waals surface area contributed by atoms with Crippen LogP contribution >= 0.6 is 22.6 Å². The molecule has 0 unspecified atom stereocenters. The summed E-state index contributed by atoms with van der Waals surface area (Å²) in [6.07, 6.45) is 27.1. The SMILES string of the molecule is COc1ccc(CO[C@@H]2CCCCCCCCCCCC/C=C/CC/C=C/C[C@@H](I)OC(=O)C2)cc1. The molecular formula is C31H47IO4. The van der Waals surface area contributed by atoms with Crippen molar-refractivity contribution < 1.29 is 19.0 Å². The Morgan fingerprint density at radius 2 is 1.39 bits per heavy atom. The molecule has 1 aliphatic rings. The Morgan fingerprint density at radius 1 is 0.806 bits per heavy atom. The van der Waals surface area contributed by atoms with Gasteiger partial charge in [-0.3, -0.25) is 4.79 Å². The Bertz CT molecular complexity index is 743. The van der Waals surface area contributed by atoms with E-state index in [1.54, 1.807) is 7.11 Å². The van der Waals surface area contributed by atoms with Gasteiger partial charge in [0.25, 0.3) is 0 Å². The van der Waals surface area contributed by atoms with E-state index in [9.17, 15) is 4.79 Å². The van der Waals surface area contributed by atoms with E-state index in [1.165, 1.54) is 64.2 Å². The first-order valence-corrected chi connectivity index (χ1v) is 15.3. The molecular weight excluding hydrogens is 563 g/mol. The van der Waals surface area contributed by atoms with E-state index >= 15 is 0 Å². The Balaban J connectivity index is 1.85. The molecule has 1 aromatic rings. The zero-order chi connectivity index (χ0) is 25.7. The lowest BCUT2D eigenvalue weighted by molar-refractivity contribution is -0.148. The third-order valence-electron chi connectivity index (χ3n) is 6.60. The molecule has 4 nitrogen and oxygen atoms in total. The third kappa shape index (κ3) is 15.7. The van der Waals surface area contributed by atoms with E-state index < -0.39 is 0 Å². The van der Waals surface area contributed by atoms with Crippen LogP contribution in [0.5, 0.6) is 5.75 Å². The summed E-state index contributed by atoms with van der Waals surface area (Å²) in [7, 11) is 1.67. The number of hydrogen-bond acceptors (Lipinski definition) is 4. The predicted molar refractivity (Wildman–Crippen MR) is 158 cm³/mol. The van der Waals surface area contributed by atoms with Gasteiger partial charge in [-0.05, 0) is 72.4 Å². The number of methoxy groups -OCH3 is 1. The largest absolute Gasteiger partial charge is 0.497 e. The summed E-state index contributed by atoms with van der Waals surface area (Å²) in [6.45, 7) is 0.493. The summed E-state index contributed by atoms with van der Waals surface area (Å²) < 4.78 is 17.0. The lowest BCUT2D eigenvalue weighted by Gasteiger charge is -2.19. The first kappa shape index (κ1) is 30.9. The molecule has 36 heavy (non-hydrogen) atoms. The summed E-state index contributed by atoms with van der Waals surface area (Å²) in [5.74, 6) is 0.667. The summed E-state index contributed by atoms with van der Waals surface area (Å²) in [4.78, 5) is 12.7. The highest BCUT2D eigenvalue weighted by Gasteiger charge is 2.18. The molecule has 2 atom stereocenters. The van der Waals surface area contributed by atoms with Gasteiger partial charge in [0.05, 0.1) is 26.2 Å². The summed E-state index contributed by atoms with van der Waals surface area (Å²) in [5, 5.41) is 0. The maximum atomic E-state index is 12.7. The Kier molecular flexibility index (Phi) is 17.7. The van der Waals surface area contributed by atoms with Crippen molar-refractivity contribution in [2.24, 2.45) is 0 Å². The Hall–Kier alpha value is -1.34. The second kappa shape index (κ2) is 20.7. The van der Waals surface area contributed by atoms with E-state index in [1.807, 2.05) is 24.3 Å². The number of cyclic esters (lactones) is 1. The van der Waals surface area contributed by atoms with Crippen molar-refractivity contribution in [2.45, 2.75) is 120 Å². The molecule has 0 radical (unpaired) electrons. The molecule has 0 aromatic heterocycles. The average Bonchev–Trinajstić information content (AvgIpc) is 2.88. The van der Waals surface area contributed by atoms with Crippen molar-refractivity contribution in [1.29, 1.82) is 0 Å². The maximum absolute atomic E-state index is 12.7. The van der Waals surface area contributed by atoms with Crippen molar-refractivity contribution >= 4 is 28.6 Å². The molecule has 0 fully saturated rings. The number of hydrogen-bond donors (Lipinski definition) is 0. The van der Waals surface area contributed by atoms with Crippen LogP contribution in [0.25, 0.3) is 0 Å². The molecule has 0 amide bonds. The highest BCUT2D eigenvalue weighted by Crippen LogP contribution is 2.19. The van der Waals surface area contributed by atoms with Crippen molar-refractivity contribution in [1.82, 2.24) is 0 Å². The topological polar surface area (TPSA) is 44.8 Å². The number of halogens is 1. The fourth-order valence-electron chi connectivity index (χ4n) is 4.40. The lowest BCUT2D eigenvalue weighted by Crippen LogP contribution is -2.21. The molecule has 2 rings (SSSR count). The minimum atomic E-state index is -0.167. The van der Waals surface area contributed by atoms with Gasteiger partial charge in [-0.1, -0.05) is 94.2 Å². The van der Waals surface area contributed by atoms with Gasteiger partial charge in [0, 0.05) is 6.42 Å². The normalized spacial score (nSPS) is 24.7. The molecule has 1 aromatic carbocycles. The molecule has 0 aliphatic carbocycles. The van der Waals surface area contributed by atoms with Gasteiger partial charge in [0.2, 0.25) is 0 Å². The van der Waals surface area contributed by atoms with Crippen LogP contribution in [0.1, 0.15) is 108 Å². The van der Waals surface area contributed by atoms with Crippen LogP contribution in [0, 0.1) is 0 Å². The molecule has 0 bridgehead atoms. The van der Waals surface area contributed by atoms with Crippen LogP contribution < -0.4 is 4.74 Å². The van der Waals surface area contributed by atoms with Crippen LogP contribution in [0.3, 0.4) is 0 Å². The third-order valence-corrected chi connectivity index (χ3v) is 7.36. The second-order valence-electron chi connectivity index (χ2n) is 9.75. The van der Waals surface area contributed by atoms with E-state index in [-0.39, 0.29) is 16.2 Å². The minimum Gasteiger partial charge on any atom is -0.497 e. The smallest absolute Gasteiger partial charge is 0.309 e. The number of rotatable bonds is 4. The van der Waals surface area contributed by atoms with Crippen LogP contribution in [-0.2, 0) is 20.9 Å². The van der Waals surface area contributed by atoms with E-state index in [4.69, 9.17) is 14.2 Å². The van der Waals surface area contributed by atoms with Gasteiger partial charge in [-0.15, -0.1) is 0 Å². The number of allylic oxidation sites excluding steroid dienone is 3. The fraction of sp³-hybridized carbons (Fsp3) is 0.645. The summed E-state index contributed by atoms with van der Waals surface area (Å²) in [5.41, 5.74) is 1.08. The van der Waals surface area contributed by atoms with Crippen LogP contribution in [0.2, 0.25) is 0 Å². The quantitative estimate of drug-likeness (QED) is 0.148. The molecule has 0 N–H and O–H groups in total. The Morgan fingerprint density at radius 3 is 2.06 bits per heavy atom. The number of benzene rings is 1. The lowest BCUT2D eigenvalue weighted by atomic mass is 10.0. The van der Waals surface area contributed by atoms with Gasteiger partial charge in [-0.25, -0.2) is 0 Å². The average molecular weight is 611 g/mol. The molecule has 1 heterocycles. The van der Waals surface area contributed by atoms with Gasteiger partial charge in [-0.2, -0.15) is 0 Å². The number of alkyl halides is 1. The van der Waals surface area contributed by atoms with E-state index in [0.29, 0.717) is 13.0 Å². The zero-order valence-corrected chi connectivity index (χ0v) is 24.5. The molecule has 0 saturated carbocycles. The van der Waals surface area contributed by atoms with Gasteiger partial charge in [0.1, 0.15) is 5.75 Å². The molecule has 0 saturated heterocycles. The second-order valence-corrected chi connectivity index (χ2v) is 11.1. The highest BCUT2D eigenvalue weighted by molar-refractivity contribution is 14.1. The highest BCUT2D eigenvalue weighted by atomic mass is 127.